The number of methoxy groups -OCH3 is 1. The van der Waals surface area contributed by atoms with Crippen LogP contribution in [0.2, 0.25) is 0 Å². The molecule has 3 aromatic carbocycles. The Hall–Kier alpha value is -4.39. The molecule has 0 unspecified atom stereocenters. The van der Waals surface area contributed by atoms with E-state index in [0.717, 1.165) is 33.6 Å². The van der Waals surface area contributed by atoms with Gasteiger partial charge in [-0.15, -0.1) is 0 Å². The lowest BCUT2D eigenvalue weighted by Gasteiger charge is -2.13. The fourth-order valence-electron chi connectivity index (χ4n) is 3.15. The number of esters is 1. The van der Waals surface area contributed by atoms with E-state index in [2.05, 4.69) is 10.5 Å². The van der Waals surface area contributed by atoms with Crippen LogP contribution in [0.25, 0.3) is 6.08 Å². The fourth-order valence-corrected chi connectivity index (χ4v) is 3.15. The number of carbonyl (C=O) groups excluding carboxylic acids is 2. The SMILES string of the molecule is COc1ccc(C=CC(=O)Oc2ccc(C=NNC(=O)COc3c(C)ccc(C)c3C)cc2)cc1. The molecule has 0 aromatic heterocycles. The minimum atomic E-state index is -0.492. The summed E-state index contributed by atoms with van der Waals surface area (Å²) < 4.78 is 16.1. The Morgan fingerprint density at radius 1 is 0.857 bits per heavy atom. The van der Waals surface area contributed by atoms with Crippen LogP contribution in [0, 0.1) is 20.8 Å². The maximum Gasteiger partial charge on any atom is 0.336 e. The second-order valence-electron chi connectivity index (χ2n) is 7.83. The van der Waals surface area contributed by atoms with Gasteiger partial charge in [-0.1, -0.05) is 24.3 Å². The summed E-state index contributed by atoms with van der Waals surface area (Å²) in [6.07, 6.45) is 4.52. The number of hydrogen-bond donors (Lipinski definition) is 1. The van der Waals surface area contributed by atoms with Crippen LogP contribution in [0.3, 0.4) is 0 Å². The van der Waals surface area contributed by atoms with Crippen molar-refractivity contribution in [1.82, 2.24) is 5.43 Å². The van der Waals surface area contributed by atoms with Crippen molar-refractivity contribution in [3.8, 4) is 17.2 Å². The molecule has 0 aliphatic rings. The summed E-state index contributed by atoms with van der Waals surface area (Å²) in [7, 11) is 1.60. The van der Waals surface area contributed by atoms with E-state index < -0.39 is 5.97 Å². The standard InChI is InChI=1S/C28H28N2O5/c1-19-5-6-20(2)28(21(19)3)34-18-26(31)30-29-17-23-9-14-25(15-10-23)35-27(32)16-11-22-7-12-24(33-4)13-8-22/h5-17H,18H2,1-4H3,(H,30,31). The Bertz CT molecular complexity index is 1230. The third-order valence-electron chi connectivity index (χ3n) is 5.25. The molecule has 1 N–H and O–H groups in total. The van der Waals surface area contributed by atoms with E-state index in [1.54, 1.807) is 37.5 Å². The Kier molecular flexibility index (Phi) is 8.78. The first-order valence-corrected chi connectivity index (χ1v) is 11.0. The molecule has 0 radical (unpaired) electrons. The second kappa shape index (κ2) is 12.2. The van der Waals surface area contributed by atoms with Crippen molar-refractivity contribution in [2.24, 2.45) is 5.10 Å². The van der Waals surface area contributed by atoms with Crippen LogP contribution in [0.5, 0.6) is 17.2 Å². The molecule has 0 atom stereocenters. The smallest absolute Gasteiger partial charge is 0.336 e. The molecule has 0 bridgehead atoms. The van der Waals surface area contributed by atoms with Gasteiger partial charge in [-0.3, -0.25) is 4.79 Å². The molecule has 0 saturated heterocycles. The summed E-state index contributed by atoms with van der Waals surface area (Å²) in [5.74, 6) is 0.999. The monoisotopic (exact) mass is 472 g/mol. The maximum atomic E-state index is 12.1. The van der Waals surface area contributed by atoms with E-state index in [9.17, 15) is 9.59 Å². The lowest BCUT2D eigenvalue weighted by molar-refractivity contribution is -0.129. The number of nitrogens with zero attached hydrogens (tertiary/aromatic N) is 1. The van der Waals surface area contributed by atoms with Gasteiger partial charge in [0.05, 0.1) is 13.3 Å². The average Bonchev–Trinajstić information content (AvgIpc) is 2.86. The predicted molar refractivity (Wildman–Crippen MR) is 136 cm³/mol. The number of ether oxygens (including phenoxy) is 3. The van der Waals surface area contributed by atoms with Gasteiger partial charge in [-0.25, -0.2) is 10.2 Å². The van der Waals surface area contributed by atoms with Crippen molar-refractivity contribution in [3.63, 3.8) is 0 Å². The van der Waals surface area contributed by atoms with E-state index in [1.807, 2.05) is 57.2 Å². The normalized spacial score (nSPS) is 11.0. The van der Waals surface area contributed by atoms with Crippen LogP contribution in [-0.2, 0) is 9.59 Å². The third-order valence-corrected chi connectivity index (χ3v) is 5.25. The first-order valence-electron chi connectivity index (χ1n) is 11.0. The van der Waals surface area contributed by atoms with Gasteiger partial charge in [-0.05, 0) is 91.1 Å². The largest absolute Gasteiger partial charge is 0.497 e. The molecule has 0 aliphatic carbocycles. The van der Waals surface area contributed by atoms with Crippen molar-refractivity contribution < 1.29 is 23.8 Å². The van der Waals surface area contributed by atoms with Gasteiger partial charge in [0.25, 0.3) is 5.91 Å². The van der Waals surface area contributed by atoms with Crippen LogP contribution in [0.15, 0.2) is 71.8 Å². The molecule has 7 heteroatoms. The Morgan fingerprint density at radius 2 is 1.49 bits per heavy atom. The summed E-state index contributed by atoms with van der Waals surface area (Å²) in [6.45, 7) is 5.76. The summed E-state index contributed by atoms with van der Waals surface area (Å²) in [4.78, 5) is 24.1. The molecule has 0 fully saturated rings. The van der Waals surface area contributed by atoms with E-state index in [4.69, 9.17) is 14.2 Å². The van der Waals surface area contributed by atoms with E-state index in [0.29, 0.717) is 11.5 Å². The number of rotatable bonds is 9. The second-order valence-corrected chi connectivity index (χ2v) is 7.83. The van der Waals surface area contributed by atoms with Crippen molar-refractivity contribution in [2.75, 3.05) is 13.7 Å². The zero-order valence-corrected chi connectivity index (χ0v) is 20.2. The summed E-state index contributed by atoms with van der Waals surface area (Å²) in [5, 5.41) is 3.95. The third kappa shape index (κ3) is 7.57. The molecule has 0 saturated carbocycles. The number of hydrazone groups is 1. The zero-order valence-electron chi connectivity index (χ0n) is 20.2. The van der Waals surface area contributed by atoms with Crippen LogP contribution in [-0.4, -0.2) is 31.8 Å². The Labute approximate surface area is 205 Å². The number of nitrogens with one attached hydrogen (secondary N) is 1. The molecule has 0 aliphatic heterocycles. The van der Waals surface area contributed by atoms with E-state index >= 15 is 0 Å². The van der Waals surface area contributed by atoms with Crippen molar-refractivity contribution in [2.45, 2.75) is 20.8 Å². The number of benzene rings is 3. The van der Waals surface area contributed by atoms with Crippen molar-refractivity contribution >= 4 is 24.2 Å². The fraction of sp³-hybridized carbons (Fsp3) is 0.179. The van der Waals surface area contributed by atoms with Gasteiger partial charge in [-0.2, -0.15) is 5.10 Å². The molecule has 7 nitrogen and oxygen atoms in total. The molecule has 3 rings (SSSR count). The molecule has 0 heterocycles. The molecule has 0 spiro atoms. The van der Waals surface area contributed by atoms with Crippen molar-refractivity contribution in [3.05, 3.63) is 94.6 Å². The lowest BCUT2D eigenvalue weighted by atomic mass is 10.1. The van der Waals surface area contributed by atoms with E-state index in [1.165, 1.54) is 12.3 Å². The number of carbonyl (C=O) groups is 2. The topological polar surface area (TPSA) is 86.2 Å². The zero-order chi connectivity index (χ0) is 25.2. The molecule has 1 amide bonds. The summed E-state index contributed by atoms with van der Waals surface area (Å²) in [6, 6.07) is 18.0. The van der Waals surface area contributed by atoms with E-state index in [-0.39, 0.29) is 12.5 Å². The first-order chi connectivity index (χ1) is 16.9. The summed E-state index contributed by atoms with van der Waals surface area (Å²) >= 11 is 0. The highest BCUT2D eigenvalue weighted by Crippen LogP contribution is 2.25. The van der Waals surface area contributed by atoms with Crippen LogP contribution in [0.4, 0.5) is 0 Å². The highest BCUT2D eigenvalue weighted by atomic mass is 16.5. The van der Waals surface area contributed by atoms with Gasteiger partial charge in [0.1, 0.15) is 17.2 Å². The van der Waals surface area contributed by atoms with Crippen molar-refractivity contribution in [1.29, 1.82) is 0 Å². The molecule has 180 valence electrons. The van der Waals surface area contributed by atoms with Crippen LogP contribution in [0.1, 0.15) is 27.8 Å². The number of aryl methyl sites for hydroxylation is 2. The lowest BCUT2D eigenvalue weighted by Crippen LogP contribution is -2.25. The molecule has 3 aromatic rings. The van der Waals surface area contributed by atoms with Gasteiger partial charge < -0.3 is 14.2 Å². The van der Waals surface area contributed by atoms with Gasteiger partial charge in [0.15, 0.2) is 6.61 Å². The highest BCUT2D eigenvalue weighted by Gasteiger charge is 2.09. The first kappa shape index (κ1) is 25.2. The number of amides is 1. The highest BCUT2D eigenvalue weighted by molar-refractivity contribution is 5.89. The molecular formula is C28H28N2O5. The van der Waals surface area contributed by atoms with Crippen LogP contribution < -0.4 is 19.6 Å². The minimum Gasteiger partial charge on any atom is -0.497 e. The average molecular weight is 473 g/mol. The van der Waals surface area contributed by atoms with Gasteiger partial charge in [0, 0.05) is 6.08 Å². The summed E-state index contributed by atoms with van der Waals surface area (Å²) in [5.41, 5.74) is 7.11. The predicted octanol–water partition coefficient (Wildman–Crippen LogP) is 4.77. The number of hydrogen-bond acceptors (Lipinski definition) is 6. The molecule has 35 heavy (non-hydrogen) atoms. The minimum absolute atomic E-state index is 0.137. The maximum absolute atomic E-state index is 12.1. The Morgan fingerprint density at radius 3 is 2.17 bits per heavy atom. The van der Waals surface area contributed by atoms with Gasteiger partial charge >= 0.3 is 5.97 Å². The quantitative estimate of drug-likeness (QED) is 0.159. The Balaban J connectivity index is 1.45. The van der Waals surface area contributed by atoms with Crippen LogP contribution >= 0.6 is 0 Å². The van der Waals surface area contributed by atoms with Gasteiger partial charge in [0.2, 0.25) is 0 Å². The molecular weight excluding hydrogens is 444 g/mol.